The topological polar surface area (TPSA) is 128 Å². The summed E-state index contributed by atoms with van der Waals surface area (Å²) in [6.45, 7) is 0. The van der Waals surface area contributed by atoms with E-state index in [1.165, 1.54) is 23.5 Å². The zero-order valence-corrected chi connectivity index (χ0v) is 13.6. The van der Waals surface area contributed by atoms with E-state index in [4.69, 9.17) is 5.73 Å². The second kappa shape index (κ2) is 5.87. The van der Waals surface area contributed by atoms with Gasteiger partial charge in [-0.2, -0.15) is 0 Å². The number of nitro groups is 1. The molecule has 0 unspecified atom stereocenters. The van der Waals surface area contributed by atoms with Crippen molar-refractivity contribution >= 4 is 32.2 Å². The summed E-state index contributed by atoms with van der Waals surface area (Å²) in [6.07, 6.45) is 2.28. The lowest BCUT2D eigenvalue weighted by Crippen LogP contribution is -2.27. The van der Waals surface area contributed by atoms with Crippen molar-refractivity contribution in [3.63, 3.8) is 0 Å². The minimum Gasteiger partial charge on any atom is -0.327 e. The molecule has 8 nitrogen and oxygen atoms in total. The standard InChI is InChI=1S/C13H14N4O4S2/c14-8-1-6-11-12(7-8)22-13(15-11)16-23(20,21)10-4-2-9(3-5-10)17(18)19/h2-5,8H,1,6-7,14H2,(H,15,16)/t8-/m0/s1. The molecule has 0 amide bonds. The van der Waals surface area contributed by atoms with Crippen LogP contribution in [0.2, 0.25) is 0 Å². The molecule has 23 heavy (non-hydrogen) atoms. The maximum atomic E-state index is 12.3. The van der Waals surface area contributed by atoms with Crippen molar-refractivity contribution < 1.29 is 13.3 Å². The van der Waals surface area contributed by atoms with E-state index >= 15 is 0 Å². The van der Waals surface area contributed by atoms with E-state index in [-0.39, 0.29) is 16.6 Å². The molecular formula is C13H14N4O4S2. The molecule has 0 spiro atoms. The van der Waals surface area contributed by atoms with Crippen molar-refractivity contribution in [2.75, 3.05) is 4.72 Å². The van der Waals surface area contributed by atoms with E-state index in [0.29, 0.717) is 11.6 Å². The number of benzene rings is 1. The van der Waals surface area contributed by atoms with E-state index < -0.39 is 14.9 Å². The largest absolute Gasteiger partial charge is 0.327 e. The molecule has 3 rings (SSSR count). The third-order valence-corrected chi connectivity index (χ3v) is 6.08. The second-order valence-electron chi connectivity index (χ2n) is 5.25. The van der Waals surface area contributed by atoms with Gasteiger partial charge in [-0.1, -0.05) is 0 Å². The lowest BCUT2D eigenvalue weighted by molar-refractivity contribution is -0.384. The van der Waals surface area contributed by atoms with Gasteiger partial charge in [0.1, 0.15) is 0 Å². The van der Waals surface area contributed by atoms with Crippen molar-refractivity contribution in [3.05, 3.63) is 45.0 Å². The van der Waals surface area contributed by atoms with Crippen LogP contribution in [-0.4, -0.2) is 24.4 Å². The van der Waals surface area contributed by atoms with Gasteiger partial charge < -0.3 is 5.73 Å². The van der Waals surface area contributed by atoms with Gasteiger partial charge in [0.25, 0.3) is 15.7 Å². The van der Waals surface area contributed by atoms with Gasteiger partial charge in [-0.3, -0.25) is 14.8 Å². The molecule has 122 valence electrons. The Kier molecular flexibility index (Phi) is 4.04. The van der Waals surface area contributed by atoms with Crippen molar-refractivity contribution in [2.45, 2.75) is 30.2 Å². The highest BCUT2D eigenvalue weighted by Gasteiger charge is 2.23. The molecule has 0 aliphatic heterocycles. The van der Waals surface area contributed by atoms with E-state index in [1.54, 1.807) is 0 Å². The zero-order chi connectivity index (χ0) is 16.6. The van der Waals surface area contributed by atoms with Crippen LogP contribution in [0.15, 0.2) is 29.2 Å². The Bertz CT molecular complexity index is 845. The number of rotatable bonds is 4. The van der Waals surface area contributed by atoms with Gasteiger partial charge >= 0.3 is 0 Å². The molecule has 1 aromatic heterocycles. The molecule has 1 heterocycles. The number of non-ortho nitro benzene ring substituents is 1. The highest BCUT2D eigenvalue weighted by Crippen LogP contribution is 2.30. The van der Waals surface area contributed by atoms with E-state index in [0.717, 1.165) is 35.5 Å². The summed E-state index contributed by atoms with van der Waals surface area (Å²) < 4.78 is 27.1. The molecule has 3 N–H and O–H groups in total. The number of nitrogens with zero attached hydrogens (tertiary/aromatic N) is 2. The van der Waals surface area contributed by atoms with Gasteiger partial charge in [-0.05, 0) is 31.4 Å². The first-order valence-corrected chi connectivity index (χ1v) is 9.16. The van der Waals surface area contributed by atoms with Crippen molar-refractivity contribution in [2.24, 2.45) is 5.73 Å². The Labute approximate surface area is 136 Å². The number of anilines is 1. The number of aromatic nitrogens is 1. The molecule has 1 aliphatic carbocycles. The number of sulfonamides is 1. The summed E-state index contributed by atoms with van der Waals surface area (Å²) in [5.74, 6) is 0. The average molecular weight is 354 g/mol. The third kappa shape index (κ3) is 3.33. The highest BCUT2D eigenvalue weighted by molar-refractivity contribution is 7.93. The van der Waals surface area contributed by atoms with Gasteiger partial charge in [0.15, 0.2) is 5.13 Å². The molecule has 1 aliphatic rings. The number of nitrogens with one attached hydrogen (secondary N) is 1. The first-order chi connectivity index (χ1) is 10.8. The maximum absolute atomic E-state index is 12.3. The quantitative estimate of drug-likeness (QED) is 0.635. The van der Waals surface area contributed by atoms with Crippen molar-refractivity contribution in [3.8, 4) is 0 Å². The Balaban J connectivity index is 1.82. The molecule has 1 atom stereocenters. The smallest absolute Gasteiger partial charge is 0.269 e. The molecule has 0 fully saturated rings. The van der Waals surface area contributed by atoms with Crippen molar-refractivity contribution in [1.82, 2.24) is 4.98 Å². The number of hydrogen-bond acceptors (Lipinski definition) is 7. The van der Waals surface area contributed by atoms with Crippen LogP contribution >= 0.6 is 11.3 Å². The lowest BCUT2D eigenvalue weighted by atomic mass is 9.99. The van der Waals surface area contributed by atoms with Crippen molar-refractivity contribution in [1.29, 1.82) is 0 Å². The SMILES string of the molecule is N[C@H]1CCc2nc(NS(=O)(=O)c3ccc([N+](=O)[O-])cc3)sc2C1. The summed E-state index contributed by atoms with van der Waals surface area (Å²) in [5.41, 5.74) is 6.62. The zero-order valence-electron chi connectivity index (χ0n) is 11.9. The fourth-order valence-electron chi connectivity index (χ4n) is 2.36. The van der Waals surface area contributed by atoms with Crippen LogP contribution in [0.1, 0.15) is 17.0 Å². The number of nitro benzene ring substituents is 1. The molecule has 0 saturated heterocycles. The molecule has 10 heteroatoms. The first kappa shape index (κ1) is 15.8. The third-order valence-electron chi connectivity index (χ3n) is 3.56. The minimum absolute atomic E-state index is 0.0482. The molecular weight excluding hydrogens is 340 g/mol. The maximum Gasteiger partial charge on any atom is 0.269 e. The number of nitrogens with two attached hydrogens (primary N) is 1. The Morgan fingerprint density at radius 3 is 2.70 bits per heavy atom. The van der Waals surface area contributed by atoms with E-state index in [2.05, 4.69) is 9.71 Å². The van der Waals surface area contributed by atoms with E-state index in [1.807, 2.05) is 0 Å². The summed E-state index contributed by atoms with van der Waals surface area (Å²) in [5, 5.41) is 10.9. The fraction of sp³-hybridized carbons (Fsp3) is 0.308. The Morgan fingerprint density at radius 1 is 1.35 bits per heavy atom. The van der Waals surface area contributed by atoms with Gasteiger partial charge in [-0.15, -0.1) is 11.3 Å². The first-order valence-electron chi connectivity index (χ1n) is 6.86. The van der Waals surface area contributed by atoms with Crippen LogP contribution in [0, 0.1) is 10.1 Å². The molecule has 0 bridgehead atoms. The normalized spacial score (nSPS) is 17.5. The Morgan fingerprint density at radius 2 is 2.04 bits per heavy atom. The number of fused-ring (bicyclic) bond motifs is 1. The summed E-state index contributed by atoms with van der Waals surface area (Å²) >= 11 is 1.28. The lowest BCUT2D eigenvalue weighted by Gasteiger charge is -2.15. The molecule has 2 aromatic rings. The van der Waals surface area contributed by atoms with Crippen LogP contribution in [0.5, 0.6) is 0 Å². The number of aryl methyl sites for hydroxylation is 1. The monoisotopic (exact) mass is 354 g/mol. The number of thiazole rings is 1. The minimum atomic E-state index is -3.82. The van der Waals surface area contributed by atoms with Crippen LogP contribution in [0.3, 0.4) is 0 Å². The predicted molar refractivity (Wildman–Crippen MR) is 86.0 cm³/mol. The van der Waals surface area contributed by atoms with Gasteiger partial charge in [-0.25, -0.2) is 13.4 Å². The van der Waals surface area contributed by atoms with Crippen LogP contribution in [0.4, 0.5) is 10.8 Å². The average Bonchev–Trinajstić information content (AvgIpc) is 2.87. The van der Waals surface area contributed by atoms with Crippen LogP contribution in [-0.2, 0) is 22.9 Å². The second-order valence-corrected chi connectivity index (χ2v) is 8.01. The predicted octanol–water partition coefficient (Wildman–Crippen LogP) is 1.67. The molecule has 0 radical (unpaired) electrons. The summed E-state index contributed by atoms with van der Waals surface area (Å²) in [4.78, 5) is 15.3. The van der Waals surface area contributed by atoms with Crippen LogP contribution < -0.4 is 10.5 Å². The van der Waals surface area contributed by atoms with Gasteiger partial charge in [0, 0.05) is 23.1 Å². The van der Waals surface area contributed by atoms with Gasteiger partial charge in [0.05, 0.1) is 15.5 Å². The molecule has 1 aromatic carbocycles. The van der Waals surface area contributed by atoms with Gasteiger partial charge in [0.2, 0.25) is 0 Å². The fourth-order valence-corrected chi connectivity index (χ4v) is 4.70. The van der Waals surface area contributed by atoms with E-state index in [9.17, 15) is 18.5 Å². The highest BCUT2D eigenvalue weighted by atomic mass is 32.2. The Hall–Kier alpha value is -2.04. The summed E-state index contributed by atoms with van der Waals surface area (Å²) in [6, 6.07) is 4.79. The van der Waals surface area contributed by atoms with Crippen LogP contribution in [0.25, 0.3) is 0 Å². The molecule has 0 saturated carbocycles. The summed E-state index contributed by atoms with van der Waals surface area (Å²) in [7, 11) is -3.82. The number of hydrogen-bond donors (Lipinski definition) is 2.